The Labute approximate surface area is 113 Å². The van der Waals surface area contributed by atoms with Crippen LogP contribution in [0.25, 0.3) is 0 Å². The number of aliphatic hydroxyl groups is 1. The molecule has 0 aliphatic carbocycles. The number of benzene rings is 1. The second-order valence-corrected chi connectivity index (χ2v) is 4.36. The summed E-state index contributed by atoms with van der Waals surface area (Å²) in [4.78, 5) is 6.45. The fourth-order valence-electron chi connectivity index (χ4n) is 1.92. The first-order valence-electron chi connectivity index (χ1n) is 6.38. The third kappa shape index (κ3) is 3.77. The first-order chi connectivity index (χ1) is 9.33. The summed E-state index contributed by atoms with van der Waals surface area (Å²) in [7, 11) is 0. The van der Waals surface area contributed by atoms with E-state index in [1.807, 2.05) is 30.3 Å². The molecule has 0 saturated heterocycles. The molecular formula is C15H19N3O. The zero-order chi connectivity index (χ0) is 13.5. The molecule has 19 heavy (non-hydrogen) atoms. The van der Waals surface area contributed by atoms with E-state index in [0.717, 1.165) is 17.9 Å². The zero-order valence-electron chi connectivity index (χ0n) is 10.9. The van der Waals surface area contributed by atoms with Gasteiger partial charge in [0.1, 0.15) is 5.82 Å². The lowest BCUT2D eigenvalue weighted by Gasteiger charge is -2.23. The van der Waals surface area contributed by atoms with Crippen molar-refractivity contribution in [2.45, 2.75) is 13.1 Å². The summed E-state index contributed by atoms with van der Waals surface area (Å²) in [6.07, 6.45) is 1.78. The van der Waals surface area contributed by atoms with Crippen molar-refractivity contribution >= 4 is 5.82 Å². The molecule has 0 spiro atoms. The molecule has 1 aromatic heterocycles. The van der Waals surface area contributed by atoms with Crippen LogP contribution in [0.3, 0.4) is 0 Å². The van der Waals surface area contributed by atoms with Crippen LogP contribution in [0.5, 0.6) is 0 Å². The van der Waals surface area contributed by atoms with E-state index in [1.54, 1.807) is 6.20 Å². The summed E-state index contributed by atoms with van der Waals surface area (Å²) in [6.45, 7) is 1.89. The highest BCUT2D eigenvalue weighted by atomic mass is 16.3. The molecule has 0 aliphatic heterocycles. The molecule has 1 aromatic carbocycles. The molecule has 100 valence electrons. The minimum atomic E-state index is 0.104. The second-order valence-electron chi connectivity index (χ2n) is 4.36. The molecule has 2 rings (SSSR count). The van der Waals surface area contributed by atoms with Gasteiger partial charge in [-0.2, -0.15) is 0 Å². The van der Waals surface area contributed by atoms with Crippen LogP contribution >= 0.6 is 0 Å². The Balaban J connectivity index is 2.14. The smallest absolute Gasteiger partial charge is 0.128 e. The molecular weight excluding hydrogens is 238 g/mol. The molecule has 0 aliphatic rings. The number of nitrogens with zero attached hydrogens (tertiary/aromatic N) is 2. The number of hydrogen-bond acceptors (Lipinski definition) is 4. The molecule has 0 saturated carbocycles. The summed E-state index contributed by atoms with van der Waals surface area (Å²) in [5, 5.41) is 9.19. The van der Waals surface area contributed by atoms with E-state index in [2.05, 4.69) is 22.0 Å². The number of pyridine rings is 1. The zero-order valence-corrected chi connectivity index (χ0v) is 10.9. The maximum Gasteiger partial charge on any atom is 0.128 e. The van der Waals surface area contributed by atoms with Gasteiger partial charge in [-0.05, 0) is 17.2 Å². The van der Waals surface area contributed by atoms with Crippen LogP contribution in [0.15, 0.2) is 48.7 Å². The van der Waals surface area contributed by atoms with Crippen LogP contribution in [-0.2, 0) is 13.1 Å². The minimum absolute atomic E-state index is 0.104. The van der Waals surface area contributed by atoms with E-state index in [-0.39, 0.29) is 6.61 Å². The van der Waals surface area contributed by atoms with Crippen LogP contribution in [-0.4, -0.2) is 23.2 Å². The third-order valence-corrected chi connectivity index (χ3v) is 2.95. The number of anilines is 1. The molecule has 4 nitrogen and oxygen atoms in total. The van der Waals surface area contributed by atoms with E-state index in [4.69, 9.17) is 5.73 Å². The van der Waals surface area contributed by atoms with E-state index in [9.17, 15) is 5.11 Å². The molecule has 0 fully saturated rings. The third-order valence-electron chi connectivity index (χ3n) is 2.95. The summed E-state index contributed by atoms with van der Waals surface area (Å²) in [5.74, 6) is 0.857. The van der Waals surface area contributed by atoms with E-state index < -0.39 is 0 Å². The molecule has 4 heteroatoms. The van der Waals surface area contributed by atoms with Crippen LogP contribution < -0.4 is 10.6 Å². The van der Waals surface area contributed by atoms with Gasteiger partial charge >= 0.3 is 0 Å². The Hall–Kier alpha value is -1.91. The number of aromatic nitrogens is 1. The summed E-state index contributed by atoms with van der Waals surface area (Å²) in [6, 6.07) is 14.1. The quantitative estimate of drug-likeness (QED) is 0.824. The van der Waals surface area contributed by atoms with Crippen LogP contribution in [0.2, 0.25) is 0 Å². The molecule has 2 aromatic rings. The number of rotatable bonds is 6. The van der Waals surface area contributed by atoms with Crippen molar-refractivity contribution < 1.29 is 5.11 Å². The normalized spacial score (nSPS) is 10.4. The van der Waals surface area contributed by atoms with Gasteiger partial charge in [0.25, 0.3) is 0 Å². The predicted octanol–water partition coefficient (Wildman–Crippen LogP) is 1.54. The highest BCUT2D eigenvalue weighted by molar-refractivity contribution is 5.40. The second kappa shape index (κ2) is 6.87. The molecule has 3 N–H and O–H groups in total. The van der Waals surface area contributed by atoms with Crippen molar-refractivity contribution in [2.24, 2.45) is 5.73 Å². The van der Waals surface area contributed by atoms with Gasteiger partial charge in [0.2, 0.25) is 0 Å². The van der Waals surface area contributed by atoms with Crippen LogP contribution in [0, 0.1) is 0 Å². The monoisotopic (exact) mass is 257 g/mol. The Bertz CT molecular complexity index is 485. The van der Waals surface area contributed by atoms with E-state index >= 15 is 0 Å². The Morgan fingerprint density at radius 2 is 1.84 bits per heavy atom. The standard InChI is InChI=1S/C15H19N3O/c16-10-14-6-7-15(17-11-14)18(8-9-19)12-13-4-2-1-3-5-13/h1-7,11,19H,8-10,12,16H2. The van der Waals surface area contributed by atoms with Crippen LogP contribution in [0.1, 0.15) is 11.1 Å². The predicted molar refractivity (Wildman–Crippen MR) is 76.7 cm³/mol. The molecule has 0 radical (unpaired) electrons. The Kier molecular flexibility index (Phi) is 4.89. The van der Waals surface area contributed by atoms with Gasteiger partial charge in [0.05, 0.1) is 6.61 Å². The van der Waals surface area contributed by atoms with Crippen molar-refractivity contribution in [1.82, 2.24) is 4.98 Å². The first kappa shape index (κ1) is 13.5. The maximum atomic E-state index is 9.19. The fraction of sp³-hybridized carbons (Fsp3) is 0.267. The number of nitrogens with two attached hydrogens (primary N) is 1. The molecule has 0 amide bonds. The van der Waals surface area contributed by atoms with E-state index in [1.165, 1.54) is 5.56 Å². The average molecular weight is 257 g/mol. The van der Waals surface area contributed by atoms with Gasteiger partial charge in [-0.25, -0.2) is 4.98 Å². The molecule has 0 unspecified atom stereocenters. The van der Waals surface area contributed by atoms with Gasteiger partial charge < -0.3 is 15.7 Å². The first-order valence-corrected chi connectivity index (χ1v) is 6.38. The summed E-state index contributed by atoms with van der Waals surface area (Å²) < 4.78 is 0. The lowest BCUT2D eigenvalue weighted by atomic mass is 10.2. The van der Waals surface area contributed by atoms with Crippen molar-refractivity contribution in [3.63, 3.8) is 0 Å². The highest BCUT2D eigenvalue weighted by Gasteiger charge is 2.08. The van der Waals surface area contributed by atoms with Crippen molar-refractivity contribution in [3.05, 3.63) is 59.8 Å². The van der Waals surface area contributed by atoms with Gasteiger partial charge in [0.15, 0.2) is 0 Å². The molecule has 1 heterocycles. The maximum absolute atomic E-state index is 9.19. The van der Waals surface area contributed by atoms with Gasteiger partial charge in [0, 0.05) is 25.8 Å². The van der Waals surface area contributed by atoms with Gasteiger partial charge in [-0.1, -0.05) is 36.4 Å². The molecule has 0 bridgehead atoms. The SMILES string of the molecule is NCc1ccc(N(CCO)Cc2ccccc2)nc1. The van der Waals surface area contributed by atoms with Gasteiger partial charge in [-0.3, -0.25) is 0 Å². The number of hydrogen-bond donors (Lipinski definition) is 2. The van der Waals surface area contributed by atoms with E-state index in [0.29, 0.717) is 13.1 Å². The Morgan fingerprint density at radius 1 is 1.05 bits per heavy atom. The van der Waals surface area contributed by atoms with Crippen molar-refractivity contribution in [2.75, 3.05) is 18.1 Å². The van der Waals surface area contributed by atoms with Crippen molar-refractivity contribution in [3.8, 4) is 0 Å². The van der Waals surface area contributed by atoms with Crippen LogP contribution in [0.4, 0.5) is 5.82 Å². The fourth-order valence-corrected chi connectivity index (χ4v) is 1.92. The number of aliphatic hydroxyl groups excluding tert-OH is 1. The molecule has 0 atom stereocenters. The van der Waals surface area contributed by atoms with Crippen molar-refractivity contribution in [1.29, 1.82) is 0 Å². The minimum Gasteiger partial charge on any atom is -0.395 e. The topological polar surface area (TPSA) is 62.4 Å². The largest absolute Gasteiger partial charge is 0.395 e. The average Bonchev–Trinajstić information content (AvgIpc) is 2.48. The summed E-state index contributed by atoms with van der Waals surface area (Å²) in [5.41, 5.74) is 7.77. The lowest BCUT2D eigenvalue weighted by molar-refractivity contribution is 0.301. The van der Waals surface area contributed by atoms with Gasteiger partial charge in [-0.15, -0.1) is 0 Å². The Morgan fingerprint density at radius 3 is 2.42 bits per heavy atom. The lowest BCUT2D eigenvalue weighted by Crippen LogP contribution is -2.27. The highest BCUT2D eigenvalue weighted by Crippen LogP contribution is 2.14. The summed E-state index contributed by atoms with van der Waals surface area (Å²) >= 11 is 0.